The smallest absolute Gasteiger partial charge is 0.294 e. The molecule has 0 radical (unpaired) electrons. The maximum Gasteiger partial charge on any atom is 0.294 e. The second kappa shape index (κ2) is 7.93. The average Bonchev–Trinajstić information content (AvgIpc) is 2.44. The maximum absolute atomic E-state index is 11.5. The van der Waals surface area contributed by atoms with E-state index in [9.17, 15) is 18.5 Å². The van der Waals surface area contributed by atoms with Crippen molar-refractivity contribution >= 4 is 45.6 Å². The lowest BCUT2D eigenvalue weighted by atomic mass is 10.2. The van der Waals surface area contributed by atoms with Crippen LogP contribution in [0.2, 0.25) is 18.1 Å². The summed E-state index contributed by atoms with van der Waals surface area (Å²) in [6.45, 7) is 12.9. The van der Waals surface area contributed by atoms with Crippen molar-refractivity contribution in [1.82, 2.24) is 0 Å². The first-order valence-corrected chi connectivity index (χ1v) is 13.2. The largest absolute Gasteiger partial charge is 0.415 e. The predicted octanol–water partition coefficient (Wildman–Crippen LogP) is 3.83. The molecular weight excluding hydrogens is 442 g/mol. The number of nitrogens with one attached hydrogen (secondary N) is 1. The number of nitro benzene ring substituents is 1. The van der Waals surface area contributed by atoms with Gasteiger partial charge in [0.2, 0.25) is 10.0 Å². The number of nitro groups is 1. The van der Waals surface area contributed by atoms with Gasteiger partial charge in [-0.05, 0) is 47.1 Å². The van der Waals surface area contributed by atoms with Crippen molar-refractivity contribution in [3.05, 3.63) is 26.7 Å². The summed E-state index contributed by atoms with van der Waals surface area (Å²) in [5.74, 6) is 0. The summed E-state index contributed by atoms with van der Waals surface area (Å²) in [5, 5.41) is 19.5. The number of hydrogen-bond donors (Lipinski definition) is 2. The van der Waals surface area contributed by atoms with Crippen molar-refractivity contribution < 1.29 is 17.8 Å². The summed E-state index contributed by atoms with van der Waals surface area (Å²) in [6.07, 6.45) is 0. The van der Waals surface area contributed by atoms with Gasteiger partial charge in [0.25, 0.3) is 5.69 Å². The highest BCUT2D eigenvalue weighted by Gasteiger charge is 2.37. The highest BCUT2D eigenvalue weighted by atomic mass is 79.9. The number of hydrogen-bond acceptors (Lipinski definition) is 6. The van der Waals surface area contributed by atoms with Crippen molar-refractivity contribution in [2.24, 2.45) is 5.14 Å². The minimum absolute atomic E-state index is 0.0520. The molecule has 1 aromatic rings. The van der Waals surface area contributed by atoms with Gasteiger partial charge >= 0.3 is 0 Å². The Balaban J connectivity index is 3.08. The maximum atomic E-state index is 11.5. The first-order chi connectivity index (χ1) is 11.6. The minimum Gasteiger partial charge on any atom is -0.415 e. The van der Waals surface area contributed by atoms with Gasteiger partial charge in [0.1, 0.15) is 5.69 Å². The van der Waals surface area contributed by atoms with Gasteiger partial charge in [0.05, 0.1) is 16.4 Å². The Morgan fingerprint density at radius 3 is 2.35 bits per heavy atom. The van der Waals surface area contributed by atoms with Crippen LogP contribution in [0.1, 0.15) is 27.7 Å². The highest BCUT2D eigenvalue weighted by Crippen LogP contribution is 2.38. The lowest BCUT2D eigenvalue weighted by Gasteiger charge is -2.37. The summed E-state index contributed by atoms with van der Waals surface area (Å²) in [4.78, 5) is 10.4. The number of primary sulfonamides is 1. The highest BCUT2D eigenvalue weighted by molar-refractivity contribution is 9.10. The normalized spacial score (nSPS) is 14.2. The van der Waals surface area contributed by atoms with Crippen LogP contribution < -0.4 is 10.5 Å². The van der Waals surface area contributed by atoms with Crippen molar-refractivity contribution in [1.29, 1.82) is 0 Å². The number of halogens is 1. The van der Waals surface area contributed by atoms with Crippen LogP contribution in [0.3, 0.4) is 0 Å². The fourth-order valence-corrected chi connectivity index (χ4v) is 4.23. The molecule has 0 aliphatic carbocycles. The van der Waals surface area contributed by atoms with Crippen LogP contribution in [0.5, 0.6) is 0 Å². The molecule has 8 nitrogen and oxygen atoms in total. The molecule has 0 unspecified atom stereocenters. The molecule has 0 heterocycles. The topological polar surface area (TPSA) is 125 Å². The van der Waals surface area contributed by atoms with Crippen LogP contribution in [0.15, 0.2) is 21.5 Å². The molecule has 0 spiro atoms. The number of nitrogens with zero attached hydrogens (tertiary/aromatic N) is 1. The van der Waals surface area contributed by atoms with Gasteiger partial charge in [-0.25, -0.2) is 13.6 Å². The molecule has 0 aliphatic rings. The second-order valence-electron chi connectivity index (χ2n) is 7.72. The third kappa shape index (κ3) is 5.74. The van der Waals surface area contributed by atoms with E-state index in [0.29, 0.717) is 6.61 Å². The SMILES string of the molecule is C[C@H](CO[Si](C)(C)C(C)(C)C)Nc1c(Br)cc(S(N)(=O)=O)cc1[N+](=O)[O-]. The number of anilines is 1. The monoisotopic (exact) mass is 467 g/mol. The number of benzene rings is 1. The van der Waals surface area contributed by atoms with Crippen molar-refractivity contribution in [2.45, 2.75) is 56.8 Å². The zero-order chi connectivity index (χ0) is 20.5. The predicted molar refractivity (Wildman–Crippen MR) is 108 cm³/mol. The molecule has 1 atom stereocenters. The van der Waals surface area contributed by atoms with Crippen LogP contribution >= 0.6 is 15.9 Å². The van der Waals surface area contributed by atoms with E-state index in [0.717, 1.165) is 6.07 Å². The van der Waals surface area contributed by atoms with E-state index >= 15 is 0 Å². The van der Waals surface area contributed by atoms with Gasteiger partial charge in [0.15, 0.2) is 8.32 Å². The van der Waals surface area contributed by atoms with Gasteiger partial charge < -0.3 is 9.74 Å². The molecule has 0 amide bonds. The summed E-state index contributed by atoms with van der Waals surface area (Å²) >= 11 is 3.19. The molecular formula is C15H26BrN3O5SSi. The Labute approximate surface area is 164 Å². The first-order valence-electron chi connectivity index (χ1n) is 7.97. The van der Waals surface area contributed by atoms with Crippen LogP contribution in [0.25, 0.3) is 0 Å². The Morgan fingerprint density at radius 2 is 1.92 bits per heavy atom. The molecule has 0 aromatic heterocycles. The van der Waals surface area contributed by atoms with Crippen molar-refractivity contribution in [3.8, 4) is 0 Å². The lowest BCUT2D eigenvalue weighted by molar-refractivity contribution is -0.384. The molecule has 0 saturated carbocycles. The van der Waals surface area contributed by atoms with E-state index in [1.807, 2.05) is 6.92 Å². The third-order valence-corrected chi connectivity index (χ3v) is 10.5. The number of rotatable bonds is 7. The summed E-state index contributed by atoms with van der Waals surface area (Å²) < 4.78 is 29.4. The Bertz CT molecular complexity index is 793. The number of nitrogens with two attached hydrogens (primary N) is 1. The van der Waals surface area contributed by atoms with E-state index in [4.69, 9.17) is 9.56 Å². The Hall–Kier alpha value is -1.01. The van der Waals surface area contributed by atoms with Gasteiger partial charge in [-0.2, -0.15) is 0 Å². The van der Waals surface area contributed by atoms with E-state index in [1.165, 1.54) is 6.07 Å². The molecule has 3 N–H and O–H groups in total. The van der Waals surface area contributed by atoms with Gasteiger partial charge in [-0.1, -0.05) is 20.8 Å². The van der Waals surface area contributed by atoms with E-state index in [2.05, 4.69) is 55.1 Å². The van der Waals surface area contributed by atoms with E-state index in [-0.39, 0.29) is 31.8 Å². The van der Waals surface area contributed by atoms with Crippen LogP contribution in [0.4, 0.5) is 11.4 Å². The fraction of sp³-hybridized carbons (Fsp3) is 0.600. The average molecular weight is 468 g/mol. The molecule has 1 aromatic carbocycles. The molecule has 0 fully saturated rings. The van der Waals surface area contributed by atoms with Crippen LogP contribution in [-0.4, -0.2) is 34.3 Å². The van der Waals surface area contributed by atoms with E-state index < -0.39 is 23.3 Å². The van der Waals surface area contributed by atoms with Crippen LogP contribution in [-0.2, 0) is 14.4 Å². The Kier molecular flexibility index (Phi) is 7.02. The third-order valence-electron chi connectivity index (χ3n) is 4.46. The standard InChI is InChI=1S/C15H26BrN3O5SSi/c1-10(9-24-26(5,6)15(2,3)4)18-14-12(16)7-11(25(17,22)23)8-13(14)19(20)21/h7-8,10,18H,9H2,1-6H3,(H2,17,22,23)/t10-/m1/s1. The van der Waals surface area contributed by atoms with E-state index in [1.54, 1.807) is 0 Å². The molecule has 0 saturated heterocycles. The first kappa shape index (κ1) is 23.0. The zero-order valence-electron chi connectivity index (χ0n) is 15.8. The fourth-order valence-electron chi connectivity index (χ4n) is 1.86. The molecule has 0 aliphatic heterocycles. The quantitative estimate of drug-likeness (QED) is 0.356. The summed E-state index contributed by atoms with van der Waals surface area (Å²) in [6, 6.07) is 1.97. The van der Waals surface area contributed by atoms with Crippen LogP contribution in [0, 0.1) is 10.1 Å². The second-order valence-corrected chi connectivity index (χ2v) is 14.9. The van der Waals surface area contributed by atoms with Gasteiger partial charge in [-0.15, -0.1) is 0 Å². The molecule has 148 valence electrons. The minimum atomic E-state index is -4.05. The molecule has 26 heavy (non-hydrogen) atoms. The van der Waals surface area contributed by atoms with Gasteiger partial charge in [-0.3, -0.25) is 10.1 Å². The zero-order valence-corrected chi connectivity index (χ0v) is 19.2. The summed E-state index contributed by atoms with van der Waals surface area (Å²) in [5.41, 5.74) is -0.184. The molecule has 0 bridgehead atoms. The van der Waals surface area contributed by atoms with Crippen molar-refractivity contribution in [2.75, 3.05) is 11.9 Å². The van der Waals surface area contributed by atoms with Crippen molar-refractivity contribution in [3.63, 3.8) is 0 Å². The molecule has 11 heteroatoms. The Morgan fingerprint density at radius 1 is 1.38 bits per heavy atom. The molecule has 1 rings (SSSR count). The number of sulfonamides is 1. The lowest BCUT2D eigenvalue weighted by Crippen LogP contribution is -2.43. The summed E-state index contributed by atoms with van der Waals surface area (Å²) in [7, 11) is -6.00. The van der Waals surface area contributed by atoms with Gasteiger partial charge in [0, 0.05) is 16.6 Å².